The summed E-state index contributed by atoms with van der Waals surface area (Å²) in [6, 6.07) is 14.1. The lowest BCUT2D eigenvalue weighted by molar-refractivity contribution is -0.127. The molecule has 3 rings (SSSR count). The average Bonchev–Trinajstić information content (AvgIpc) is 3.45. The minimum Gasteiger partial charge on any atom is -0.497 e. The quantitative estimate of drug-likeness (QED) is 0.336. The van der Waals surface area contributed by atoms with Crippen molar-refractivity contribution in [3.05, 3.63) is 75.4 Å². The number of benzene rings is 2. The Morgan fingerprint density at radius 1 is 1.05 bits per heavy atom. The SMILES string of the molecule is CCC(C)(C)NC(=O)C(c1cccc(OC)c1)N(C(=O)CNC(=O)c1cccs1)c1ccc(OC)c(Cl)c1. The van der Waals surface area contributed by atoms with Gasteiger partial charge in [0.2, 0.25) is 11.8 Å². The zero-order chi connectivity index (χ0) is 27.9. The van der Waals surface area contributed by atoms with E-state index in [2.05, 4.69) is 10.6 Å². The second kappa shape index (κ2) is 12.8. The monoisotopic (exact) mass is 557 g/mol. The summed E-state index contributed by atoms with van der Waals surface area (Å²) in [6.45, 7) is 5.44. The molecule has 0 aliphatic heterocycles. The number of carbonyl (C=O) groups is 3. The van der Waals surface area contributed by atoms with Crippen LogP contribution in [0.4, 0.5) is 5.69 Å². The fourth-order valence-corrected chi connectivity index (χ4v) is 4.59. The Bertz CT molecular complexity index is 1280. The third-order valence-electron chi connectivity index (χ3n) is 6.09. The van der Waals surface area contributed by atoms with Crippen LogP contribution in [0.1, 0.15) is 48.5 Å². The molecule has 0 saturated carbocycles. The summed E-state index contributed by atoms with van der Waals surface area (Å²) in [5, 5.41) is 7.77. The Hall–Kier alpha value is -3.56. The number of ether oxygens (including phenoxy) is 2. The molecule has 3 amide bonds. The van der Waals surface area contributed by atoms with Gasteiger partial charge in [0, 0.05) is 11.2 Å². The van der Waals surface area contributed by atoms with E-state index in [4.69, 9.17) is 21.1 Å². The Morgan fingerprint density at radius 2 is 1.82 bits per heavy atom. The van der Waals surface area contributed by atoms with Crippen molar-refractivity contribution in [1.82, 2.24) is 10.6 Å². The van der Waals surface area contributed by atoms with E-state index in [9.17, 15) is 14.4 Å². The molecule has 1 aromatic heterocycles. The molecule has 1 atom stereocenters. The molecule has 3 aromatic rings. The van der Waals surface area contributed by atoms with E-state index >= 15 is 0 Å². The summed E-state index contributed by atoms with van der Waals surface area (Å²) in [5.74, 6) is -0.330. The summed E-state index contributed by atoms with van der Waals surface area (Å²) < 4.78 is 10.7. The maximum Gasteiger partial charge on any atom is 0.261 e. The largest absolute Gasteiger partial charge is 0.497 e. The molecule has 202 valence electrons. The van der Waals surface area contributed by atoms with Crippen molar-refractivity contribution in [3.8, 4) is 11.5 Å². The summed E-state index contributed by atoms with van der Waals surface area (Å²) in [7, 11) is 3.02. The van der Waals surface area contributed by atoms with Gasteiger partial charge in [0.25, 0.3) is 5.91 Å². The number of thiophene rings is 1. The molecule has 0 aliphatic carbocycles. The summed E-state index contributed by atoms with van der Waals surface area (Å²) in [5.41, 5.74) is 0.357. The molecule has 2 aromatic carbocycles. The Kier molecular flexibility index (Phi) is 9.77. The first kappa shape index (κ1) is 29.0. The lowest BCUT2D eigenvalue weighted by Gasteiger charge is -2.35. The molecule has 0 bridgehead atoms. The summed E-state index contributed by atoms with van der Waals surface area (Å²) >= 11 is 7.70. The fraction of sp³-hybridized carbons (Fsp3) is 0.321. The minimum atomic E-state index is -1.09. The predicted octanol–water partition coefficient (Wildman–Crippen LogP) is 5.23. The first-order chi connectivity index (χ1) is 18.1. The van der Waals surface area contributed by atoms with E-state index in [1.165, 1.54) is 30.5 Å². The number of nitrogens with one attached hydrogen (secondary N) is 2. The number of methoxy groups -OCH3 is 2. The summed E-state index contributed by atoms with van der Waals surface area (Å²) in [4.78, 5) is 42.1. The van der Waals surface area contributed by atoms with E-state index in [0.717, 1.165) is 0 Å². The highest BCUT2D eigenvalue weighted by atomic mass is 35.5. The van der Waals surface area contributed by atoms with Crippen LogP contribution in [0.3, 0.4) is 0 Å². The van der Waals surface area contributed by atoms with Crippen LogP contribution in [-0.4, -0.2) is 44.0 Å². The zero-order valence-corrected chi connectivity index (χ0v) is 23.6. The Labute approximate surface area is 231 Å². The highest BCUT2D eigenvalue weighted by molar-refractivity contribution is 7.12. The van der Waals surface area contributed by atoms with Crippen LogP contribution < -0.4 is 25.0 Å². The third-order valence-corrected chi connectivity index (χ3v) is 7.25. The molecule has 0 spiro atoms. The van der Waals surface area contributed by atoms with Gasteiger partial charge in [0.15, 0.2) is 0 Å². The van der Waals surface area contributed by atoms with Gasteiger partial charge in [-0.2, -0.15) is 0 Å². The summed E-state index contributed by atoms with van der Waals surface area (Å²) in [6.07, 6.45) is 0.669. The van der Waals surface area contributed by atoms with Crippen LogP contribution >= 0.6 is 22.9 Å². The first-order valence-corrected chi connectivity index (χ1v) is 13.3. The van der Waals surface area contributed by atoms with Crippen molar-refractivity contribution in [2.75, 3.05) is 25.7 Å². The molecule has 1 unspecified atom stereocenters. The predicted molar refractivity (Wildman–Crippen MR) is 150 cm³/mol. The van der Waals surface area contributed by atoms with Crippen molar-refractivity contribution < 1.29 is 23.9 Å². The molecule has 1 heterocycles. The van der Waals surface area contributed by atoms with E-state index in [-0.39, 0.29) is 17.5 Å². The number of halogens is 1. The lowest BCUT2D eigenvalue weighted by Crippen LogP contribution is -2.52. The van der Waals surface area contributed by atoms with Crippen LogP contribution in [0.2, 0.25) is 5.02 Å². The van der Waals surface area contributed by atoms with Gasteiger partial charge in [0.05, 0.1) is 30.7 Å². The number of hydrogen-bond donors (Lipinski definition) is 2. The topological polar surface area (TPSA) is 97.0 Å². The number of nitrogens with zero attached hydrogens (tertiary/aromatic N) is 1. The molecule has 8 nitrogen and oxygen atoms in total. The van der Waals surface area contributed by atoms with Gasteiger partial charge in [-0.25, -0.2) is 0 Å². The van der Waals surface area contributed by atoms with Crippen LogP contribution in [0.15, 0.2) is 60.0 Å². The molecule has 38 heavy (non-hydrogen) atoms. The molecule has 2 N–H and O–H groups in total. The van der Waals surface area contributed by atoms with E-state index in [1.54, 1.807) is 60.0 Å². The van der Waals surface area contributed by atoms with Gasteiger partial charge in [-0.15, -0.1) is 11.3 Å². The maximum absolute atomic E-state index is 13.9. The number of rotatable bonds is 11. The van der Waals surface area contributed by atoms with Gasteiger partial charge < -0.3 is 20.1 Å². The number of carbonyl (C=O) groups excluding carboxylic acids is 3. The molecule has 0 saturated heterocycles. The third kappa shape index (κ3) is 7.05. The Balaban J connectivity index is 2.10. The molecular weight excluding hydrogens is 526 g/mol. The van der Waals surface area contributed by atoms with E-state index in [1.807, 2.05) is 20.8 Å². The maximum atomic E-state index is 13.9. The van der Waals surface area contributed by atoms with Crippen LogP contribution in [0.25, 0.3) is 0 Å². The molecular formula is C28H32ClN3O5S. The highest BCUT2D eigenvalue weighted by Crippen LogP contribution is 2.35. The van der Waals surface area contributed by atoms with Crippen molar-refractivity contribution >= 4 is 46.3 Å². The second-order valence-corrected chi connectivity index (χ2v) is 10.5. The highest BCUT2D eigenvalue weighted by Gasteiger charge is 2.35. The van der Waals surface area contributed by atoms with Crippen molar-refractivity contribution in [3.63, 3.8) is 0 Å². The van der Waals surface area contributed by atoms with Gasteiger partial charge in [-0.3, -0.25) is 19.3 Å². The number of hydrogen-bond acceptors (Lipinski definition) is 6. The number of amides is 3. The first-order valence-electron chi connectivity index (χ1n) is 12.0. The van der Waals surface area contributed by atoms with Crippen LogP contribution in [-0.2, 0) is 9.59 Å². The van der Waals surface area contributed by atoms with E-state index < -0.39 is 23.4 Å². The zero-order valence-electron chi connectivity index (χ0n) is 22.0. The van der Waals surface area contributed by atoms with Gasteiger partial charge in [-0.1, -0.05) is 36.7 Å². The fourth-order valence-electron chi connectivity index (χ4n) is 3.70. The normalized spacial score (nSPS) is 11.8. The van der Waals surface area contributed by atoms with Crippen LogP contribution in [0.5, 0.6) is 11.5 Å². The smallest absolute Gasteiger partial charge is 0.261 e. The number of anilines is 1. The standard InChI is InChI=1S/C28H32ClN3O5S/c1-6-28(2,3)31-27(35)25(18-9-7-10-20(15-18)36-4)32(19-12-13-22(37-5)21(29)16-19)24(33)17-30-26(34)23-11-8-14-38-23/h7-16,25H,6,17H2,1-5H3,(H,30,34)(H,31,35). The van der Waals surface area contributed by atoms with Crippen LogP contribution in [0, 0.1) is 0 Å². The van der Waals surface area contributed by atoms with Gasteiger partial charge in [-0.05, 0) is 67.6 Å². The lowest BCUT2D eigenvalue weighted by atomic mass is 9.98. The van der Waals surface area contributed by atoms with Crippen molar-refractivity contribution in [2.45, 2.75) is 38.8 Å². The molecule has 10 heteroatoms. The second-order valence-electron chi connectivity index (χ2n) is 9.15. The molecule has 0 aliphatic rings. The van der Waals surface area contributed by atoms with Crippen molar-refractivity contribution in [1.29, 1.82) is 0 Å². The average molecular weight is 558 g/mol. The Morgan fingerprint density at radius 3 is 2.42 bits per heavy atom. The molecule has 0 radical (unpaired) electrons. The van der Waals surface area contributed by atoms with Crippen molar-refractivity contribution in [2.24, 2.45) is 0 Å². The van der Waals surface area contributed by atoms with E-state index in [0.29, 0.717) is 34.0 Å². The molecule has 0 fully saturated rings. The minimum absolute atomic E-state index is 0.268. The van der Waals surface area contributed by atoms with Gasteiger partial charge in [0.1, 0.15) is 17.5 Å². The van der Waals surface area contributed by atoms with Gasteiger partial charge >= 0.3 is 0 Å².